The molecule has 1 atom stereocenters. The predicted molar refractivity (Wildman–Crippen MR) is 84.8 cm³/mol. The van der Waals surface area contributed by atoms with Crippen molar-refractivity contribution in [1.29, 1.82) is 0 Å². The first-order valence-electron chi connectivity index (χ1n) is 8.34. The molecule has 0 radical (unpaired) electrons. The quantitative estimate of drug-likeness (QED) is 0.724. The molecule has 1 amide bonds. The Hall–Kier alpha value is -1.73. The zero-order valence-corrected chi connectivity index (χ0v) is 13.2. The normalized spacial score (nSPS) is 20.6. The standard InChI is InChI=1S/C16H24N4O3/c21-14(15(22)20-13-9-23-10-13)12-7-18-16(19-8-12)17-6-11-4-2-1-3-5-11/h7-8,11,13-14,21H,1-6,9-10H2,(H,20,22)(H,17,18,19). The maximum Gasteiger partial charge on any atom is 0.253 e. The zero-order valence-electron chi connectivity index (χ0n) is 13.2. The van der Waals surface area contributed by atoms with Gasteiger partial charge in [0.25, 0.3) is 5.91 Å². The SMILES string of the molecule is O=C(NC1COC1)C(O)c1cnc(NCC2CCCCC2)nc1. The molecule has 7 heteroatoms. The van der Waals surface area contributed by atoms with Crippen LogP contribution in [0.1, 0.15) is 43.8 Å². The van der Waals surface area contributed by atoms with E-state index in [1.54, 1.807) is 0 Å². The first kappa shape index (κ1) is 16.1. The average molecular weight is 320 g/mol. The minimum atomic E-state index is -1.25. The van der Waals surface area contributed by atoms with Crippen molar-refractivity contribution in [3.63, 3.8) is 0 Å². The number of amides is 1. The van der Waals surface area contributed by atoms with E-state index in [1.165, 1.54) is 44.5 Å². The lowest BCUT2D eigenvalue weighted by Crippen LogP contribution is -2.50. The number of aliphatic hydroxyl groups excluding tert-OH is 1. The number of aliphatic hydroxyl groups is 1. The fourth-order valence-corrected chi connectivity index (χ4v) is 2.95. The molecule has 1 saturated carbocycles. The van der Waals surface area contributed by atoms with Crippen LogP contribution in [0.5, 0.6) is 0 Å². The molecule has 1 unspecified atom stereocenters. The first-order chi connectivity index (χ1) is 11.2. The van der Waals surface area contributed by atoms with Crippen LogP contribution in [0.2, 0.25) is 0 Å². The highest BCUT2D eigenvalue weighted by Gasteiger charge is 2.25. The Bertz CT molecular complexity index is 513. The number of nitrogens with zero attached hydrogens (tertiary/aromatic N) is 2. The van der Waals surface area contributed by atoms with E-state index in [0.29, 0.717) is 30.6 Å². The molecule has 3 N–H and O–H groups in total. The van der Waals surface area contributed by atoms with Gasteiger partial charge in [-0.05, 0) is 18.8 Å². The molecular weight excluding hydrogens is 296 g/mol. The van der Waals surface area contributed by atoms with Crippen LogP contribution in [0, 0.1) is 5.92 Å². The molecule has 2 heterocycles. The zero-order chi connectivity index (χ0) is 16.1. The molecule has 126 valence electrons. The Morgan fingerprint density at radius 1 is 1.26 bits per heavy atom. The third-order valence-corrected chi connectivity index (χ3v) is 4.49. The second-order valence-corrected chi connectivity index (χ2v) is 6.37. The van der Waals surface area contributed by atoms with Gasteiger partial charge in [0.05, 0.1) is 19.3 Å². The molecular formula is C16H24N4O3. The largest absolute Gasteiger partial charge is 0.378 e. The topological polar surface area (TPSA) is 96.4 Å². The van der Waals surface area contributed by atoms with E-state index in [-0.39, 0.29) is 6.04 Å². The van der Waals surface area contributed by atoms with Crippen molar-refractivity contribution in [2.24, 2.45) is 5.92 Å². The number of rotatable bonds is 6. The molecule has 2 fully saturated rings. The van der Waals surface area contributed by atoms with E-state index in [2.05, 4.69) is 20.6 Å². The number of ether oxygens (including phenoxy) is 1. The van der Waals surface area contributed by atoms with Crippen LogP contribution in [0.25, 0.3) is 0 Å². The summed E-state index contributed by atoms with van der Waals surface area (Å²) < 4.78 is 4.98. The second kappa shape index (κ2) is 7.70. The fraction of sp³-hybridized carbons (Fsp3) is 0.688. The minimum Gasteiger partial charge on any atom is -0.378 e. The van der Waals surface area contributed by atoms with Crippen LogP contribution in [0.4, 0.5) is 5.95 Å². The first-order valence-corrected chi connectivity index (χ1v) is 8.34. The van der Waals surface area contributed by atoms with Gasteiger partial charge < -0.3 is 20.5 Å². The van der Waals surface area contributed by atoms with E-state index in [9.17, 15) is 9.90 Å². The van der Waals surface area contributed by atoms with Crippen LogP contribution >= 0.6 is 0 Å². The molecule has 0 bridgehead atoms. The highest BCUT2D eigenvalue weighted by molar-refractivity contribution is 5.82. The summed E-state index contributed by atoms with van der Waals surface area (Å²) >= 11 is 0. The van der Waals surface area contributed by atoms with Crippen LogP contribution in [-0.4, -0.2) is 46.8 Å². The monoisotopic (exact) mass is 320 g/mol. The molecule has 1 aromatic rings. The Balaban J connectivity index is 1.48. The Kier molecular flexibility index (Phi) is 5.40. The van der Waals surface area contributed by atoms with E-state index < -0.39 is 12.0 Å². The van der Waals surface area contributed by atoms with Gasteiger partial charge in [0.1, 0.15) is 0 Å². The van der Waals surface area contributed by atoms with E-state index in [1.807, 2.05) is 0 Å². The Morgan fingerprint density at radius 2 is 1.96 bits per heavy atom. The Labute approximate surface area is 135 Å². The van der Waals surface area contributed by atoms with Crippen molar-refractivity contribution in [3.05, 3.63) is 18.0 Å². The second-order valence-electron chi connectivity index (χ2n) is 6.37. The molecule has 1 aliphatic carbocycles. The van der Waals surface area contributed by atoms with Gasteiger partial charge in [-0.15, -0.1) is 0 Å². The number of hydrogen-bond donors (Lipinski definition) is 3. The van der Waals surface area contributed by atoms with Crippen LogP contribution < -0.4 is 10.6 Å². The van der Waals surface area contributed by atoms with Crippen LogP contribution in [0.15, 0.2) is 12.4 Å². The number of hydrogen-bond acceptors (Lipinski definition) is 6. The third kappa shape index (κ3) is 4.39. The summed E-state index contributed by atoms with van der Waals surface area (Å²) in [5, 5.41) is 16.0. The number of carbonyl (C=O) groups excluding carboxylic acids is 1. The highest BCUT2D eigenvalue weighted by Crippen LogP contribution is 2.23. The summed E-state index contributed by atoms with van der Waals surface area (Å²) in [6.07, 6.45) is 8.22. The van der Waals surface area contributed by atoms with Gasteiger partial charge in [-0.25, -0.2) is 9.97 Å². The Morgan fingerprint density at radius 3 is 2.57 bits per heavy atom. The van der Waals surface area contributed by atoms with E-state index in [4.69, 9.17) is 4.74 Å². The van der Waals surface area contributed by atoms with Gasteiger partial charge in [-0.1, -0.05) is 19.3 Å². The summed E-state index contributed by atoms with van der Waals surface area (Å²) in [6.45, 7) is 1.88. The van der Waals surface area contributed by atoms with Crippen molar-refractivity contribution in [2.75, 3.05) is 25.1 Å². The maximum absolute atomic E-state index is 11.9. The summed E-state index contributed by atoms with van der Waals surface area (Å²) in [5.74, 6) is 0.789. The summed E-state index contributed by atoms with van der Waals surface area (Å²) in [4.78, 5) is 20.3. The van der Waals surface area contributed by atoms with Crippen molar-refractivity contribution in [1.82, 2.24) is 15.3 Å². The lowest BCUT2D eigenvalue weighted by atomic mass is 9.89. The van der Waals surface area contributed by atoms with Gasteiger partial charge in [0.15, 0.2) is 6.10 Å². The number of aromatic nitrogens is 2. The number of nitrogens with one attached hydrogen (secondary N) is 2. The van der Waals surface area contributed by atoms with Gasteiger partial charge in [0.2, 0.25) is 5.95 Å². The van der Waals surface area contributed by atoms with Gasteiger partial charge in [-0.2, -0.15) is 0 Å². The van der Waals surface area contributed by atoms with Crippen molar-refractivity contribution >= 4 is 11.9 Å². The smallest absolute Gasteiger partial charge is 0.253 e. The van der Waals surface area contributed by atoms with E-state index >= 15 is 0 Å². The summed E-state index contributed by atoms with van der Waals surface area (Å²) in [7, 11) is 0. The molecule has 7 nitrogen and oxygen atoms in total. The number of anilines is 1. The van der Waals surface area contributed by atoms with Crippen molar-refractivity contribution in [3.8, 4) is 0 Å². The molecule has 2 aliphatic rings. The highest BCUT2D eigenvalue weighted by atomic mass is 16.5. The van der Waals surface area contributed by atoms with Crippen LogP contribution in [0.3, 0.4) is 0 Å². The van der Waals surface area contributed by atoms with Crippen LogP contribution in [-0.2, 0) is 9.53 Å². The van der Waals surface area contributed by atoms with Gasteiger partial charge >= 0.3 is 0 Å². The lowest BCUT2D eigenvalue weighted by molar-refractivity contribution is -0.133. The van der Waals surface area contributed by atoms with E-state index in [0.717, 1.165) is 6.54 Å². The van der Waals surface area contributed by atoms with Gasteiger partial charge in [0, 0.05) is 24.5 Å². The third-order valence-electron chi connectivity index (χ3n) is 4.49. The fourth-order valence-electron chi connectivity index (χ4n) is 2.95. The molecule has 3 rings (SSSR count). The maximum atomic E-state index is 11.9. The molecule has 1 aliphatic heterocycles. The predicted octanol–water partition coefficient (Wildman–Crippen LogP) is 1.02. The number of carbonyl (C=O) groups is 1. The van der Waals surface area contributed by atoms with Crippen molar-refractivity contribution < 1.29 is 14.6 Å². The molecule has 1 saturated heterocycles. The van der Waals surface area contributed by atoms with Crippen molar-refractivity contribution in [2.45, 2.75) is 44.2 Å². The molecule has 1 aromatic heterocycles. The molecule has 0 aromatic carbocycles. The van der Waals surface area contributed by atoms with Gasteiger partial charge in [-0.3, -0.25) is 4.79 Å². The minimum absolute atomic E-state index is 0.00509. The average Bonchev–Trinajstić information content (AvgIpc) is 2.57. The lowest BCUT2D eigenvalue weighted by Gasteiger charge is -2.27. The summed E-state index contributed by atoms with van der Waals surface area (Å²) in [6, 6.07) is -0.00509. The summed E-state index contributed by atoms with van der Waals surface area (Å²) in [5.41, 5.74) is 0.394. The molecule has 23 heavy (non-hydrogen) atoms. The molecule has 0 spiro atoms.